The quantitative estimate of drug-likeness (QED) is 0.499. The van der Waals surface area contributed by atoms with Gasteiger partial charge in [0, 0.05) is 11.3 Å². The summed E-state index contributed by atoms with van der Waals surface area (Å²) < 4.78 is 5.44. The number of hydrogen-bond acceptors (Lipinski definition) is 4. The molecule has 1 aliphatic rings. The lowest BCUT2D eigenvalue weighted by Gasteiger charge is -2.18. The van der Waals surface area contributed by atoms with Crippen molar-refractivity contribution in [3.05, 3.63) is 16.0 Å². The zero-order chi connectivity index (χ0) is 18.4. The van der Waals surface area contributed by atoms with E-state index in [4.69, 9.17) is 4.74 Å². The maximum absolute atomic E-state index is 12.6. The lowest BCUT2D eigenvalue weighted by atomic mass is 9.88. The SMILES string of the molecule is CCCCCCC(=O)Nc1sc2c(c1C(=O)OC(C)C)CC[C@H](C)C2. The fourth-order valence-electron chi connectivity index (χ4n) is 3.23. The molecule has 4 nitrogen and oxygen atoms in total. The van der Waals surface area contributed by atoms with Crippen molar-refractivity contribution in [2.45, 2.75) is 85.2 Å². The van der Waals surface area contributed by atoms with Crippen molar-refractivity contribution in [3.8, 4) is 0 Å². The van der Waals surface area contributed by atoms with E-state index in [1.54, 1.807) is 11.3 Å². The second kappa shape index (κ2) is 9.37. The predicted octanol–water partition coefficient (Wildman–Crippen LogP) is 5.35. The first kappa shape index (κ1) is 20.0. The third kappa shape index (κ3) is 5.56. The van der Waals surface area contributed by atoms with E-state index in [9.17, 15) is 9.59 Å². The third-order valence-corrected chi connectivity index (χ3v) is 5.74. The van der Waals surface area contributed by atoms with E-state index in [1.807, 2.05) is 13.8 Å². The van der Waals surface area contributed by atoms with Crippen LogP contribution in [-0.4, -0.2) is 18.0 Å². The summed E-state index contributed by atoms with van der Waals surface area (Å²) in [6.07, 6.45) is 7.58. The highest BCUT2D eigenvalue weighted by atomic mass is 32.1. The second-order valence-corrected chi connectivity index (χ2v) is 8.47. The van der Waals surface area contributed by atoms with Gasteiger partial charge < -0.3 is 10.1 Å². The summed E-state index contributed by atoms with van der Waals surface area (Å²) in [5, 5.41) is 3.68. The van der Waals surface area contributed by atoms with Gasteiger partial charge in [0.15, 0.2) is 0 Å². The molecule has 1 atom stereocenters. The second-order valence-electron chi connectivity index (χ2n) is 7.37. The molecule has 0 fully saturated rings. The maximum atomic E-state index is 12.6. The van der Waals surface area contributed by atoms with Gasteiger partial charge in [-0.25, -0.2) is 4.79 Å². The van der Waals surface area contributed by atoms with Crippen LogP contribution in [0.4, 0.5) is 5.00 Å². The number of rotatable bonds is 8. The number of fused-ring (bicyclic) bond motifs is 1. The summed E-state index contributed by atoms with van der Waals surface area (Å²) in [5.74, 6) is 0.322. The minimum Gasteiger partial charge on any atom is -0.459 e. The van der Waals surface area contributed by atoms with Gasteiger partial charge in [0.25, 0.3) is 0 Å². The van der Waals surface area contributed by atoms with Gasteiger partial charge in [0.2, 0.25) is 5.91 Å². The molecule has 1 heterocycles. The summed E-state index contributed by atoms with van der Waals surface area (Å²) in [6.45, 7) is 8.10. The van der Waals surface area contributed by atoms with Crippen LogP contribution < -0.4 is 5.32 Å². The van der Waals surface area contributed by atoms with Gasteiger partial charge in [0.05, 0.1) is 11.7 Å². The van der Waals surface area contributed by atoms with Crippen LogP contribution in [-0.2, 0) is 22.4 Å². The molecule has 1 aromatic rings. The Kier molecular flexibility index (Phi) is 7.48. The number of ether oxygens (including phenoxy) is 1. The average molecular weight is 366 g/mol. The van der Waals surface area contributed by atoms with Crippen molar-refractivity contribution >= 4 is 28.2 Å². The van der Waals surface area contributed by atoms with Crippen LogP contribution >= 0.6 is 11.3 Å². The predicted molar refractivity (Wildman–Crippen MR) is 103 cm³/mol. The molecule has 0 unspecified atom stereocenters. The highest BCUT2D eigenvalue weighted by Crippen LogP contribution is 2.40. The molecule has 1 aliphatic carbocycles. The van der Waals surface area contributed by atoms with E-state index < -0.39 is 0 Å². The van der Waals surface area contributed by atoms with Crippen molar-refractivity contribution in [2.75, 3.05) is 5.32 Å². The molecule has 140 valence electrons. The molecule has 5 heteroatoms. The van der Waals surface area contributed by atoms with Crippen molar-refractivity contribution < 1.29 is 14.3 Å². The van der Waals surface area contributed by atoms with Crippen molar-refractivity contribution in [2.24, 2.45) is 5.92 Å². The number of anilines is 1. The number of thiophene rings is 1. The Balaban J connectivity index is 2.15. The van der Waals surface area contributed by atoms with E-state index in [0.29, 0.717) is 22.9 Å². The Morgan fingerprint density at radius 1 is 1.28 bits per heavy atom. The molecule has 0 aliphatic heterocycles. The van der Waals surface area contributed by atoms with E-state index in [0.717, 1.165) is 50.5 Å². The van der Waals surface area contributed by atoms with E-state index in [-0.39, 0.29) is 18.0 Å². The van der Waals surface area contributed by atoms with Gasteiger partial charge in [-0.15, -0.1) is 11.3 Å². The lowest BCUT2D eigenvalue weighted by Crippen LogP contribution is -2.18. The summed E-state index contributed by atoms with van der Waals surface area (Å²) in [6, 6.07) is 0. The zero-order valence-electron chi connectivity index (χ0n) is 15.9. The van der Waals surface area contributed by atoms with Crippen LogP contribution in [0, 0.1) is 5.92 Å². The van der Waals surface area contributed by atoms with Gasteiger partial charge >= 0.3 is 5.97 Å². The number of carbonyl (C=O) groups excluding carboxylic acids is 2. The first-order valence-electron chi connectivity index (χ1n) is 9.57. The number of hydrogen-bond donors (Lipinski definition) is 1. The van der Waals surface area contributed by atoms with Gasteiger partial charge in [-0.05, 0) is 51.0 Å². The van der Waals surface area contributed by atoms with Crippen LogP contribution in [0.15, 0.2) is 0 Å². The van der Waals surface area contributed by atoms with Crippen molar-refractivity contribution in [1.82, 2.24) is 0 Å². The third-order valence-electron chi connectivity index (χ3n) is 4.57. The van der Waals surface area contributed by atoms with Crippen LogP contribution in [0.3, 0.4) is 0 Å². The maximum Gasteiger partial charge on any atom is 0.341 e. The molecule has 25 heavy (non-hydrogen) atoms. The number of carbonyl (C=O) groups is 2. The molecule has 1 N–H and O–H groups in total. The molecule has 1 aromatic heterocycles. The highest BCUT2D eigenvalue weighted by Gasteiger charge is 2.29. The normalized spacial score (nSPS) is 16.6. The Bertz CT molecular complexity index is 606. The molecule has 1 amide bonds. The number of amides is 1. The van der Waals surface area contributed by atoms with Crippen LogP contribution in [0.5, 0.6) is 0 Å². The summed E-state index contributed by atoms with van der Waals surface area (Å²) >= 11 is 1.56. The van der Waals surface area contributed by atoms with Gasteiger partial charge in [0.1, 0.15) is 5.00 Å². The molecule has 0 saturated carbocycles. The standard InChI is InChI=1S/C20H31NO3S/c1-5-6-7-8-9-17(22)21-19-18(20(23)24-13(2)3)15-11-10-14(4)12-16(15)25-19/h13-14H,5-12H2,1-4H3,(H,21,22)/t14-/m0/s1. The minimum absolute atomic E-state index is 0.00125. The van der Waals surface area contributed by atoms with Crippen molar-refractivity contribution in [1.29, 1.82) is 0 Å². The molecule has 0 saturated heterocycles. The van der Waals surface area contributed by atoms with Crippen molar-refractivity contribution in [3.63, 3.8) is 0 Å². The summed E-state index contributed by atoms with van der Waals surface area (Å²) in [4.78, 5) is 26.1. The minimum atomic E-state index is -0.302. The number of esters is 1. The molecule has 0 bridgehead atoms. The van der Waals surface area contributed by atoms with Crippen LogP contribution in [0.2, 0.25) is 0 Å². The highest BCUT2D eigenvalue weighted by molar-refractivity contribution is 7.17. The molecule has 0 spiro atoms. The Hall–Kier alpha value is -1.36. The molecule has 2 rings (SSSR count). The molecular formula is C20H31NO3S. The average Bonchev–Trinajstić information content (AvgIpc) is 2.87. The van der Waals surface area contributed by atoms with Gasteiger partial charge in [-0.3, -0.25) is 4.79 Å². The van der Waals surface area contributed by atoms with E-state index in [2.05, 4.69) is 19.2 Å². The number of unbranched alkanes of at least 4 members (excludes halogenated alkanes) is 3. The zero-order valence-corrected chi connectivity index (χ0v) is 16.8. The van der Waals surface area contributed by atoms with Gasteiger partial charge in [-0.1, -0.05) is 33.1 Å². The lowest BCUT2D eigenvalue weighted by molar-refractivity contribution is -0.116. The number of nitrogens with one attached hydrogen (secondary N) is 1. The molecular weight excluding hydrogens is 334 g/mol. The molecule has 0 aromatic carbocycles. The van der Waals surface area contributed by atoms with Crippen LogP contribution in [0.25, 0.3) is 0 Å². The van der Waals surface area contributed by atoms with Gasteiger partial charge in [-0.2, -0.15) is 0 Å². The Morgan fingerprint density at radius 2 is 2.04 bits per heavy atom. The first-order valence-corrected chi connectivity index (χ1v) is 10.4. The summed E-state index contributed by atoms with van der Waals surface area (Å²) in [5.41, 5.74) is 1.69. The monoisotopic (exact) mass is 365 g/mol. The smallest absolute Gasteiger partial charge is 0.341 e. The van der Waals surface area contributed by atoms with E-state index >= 15 is 0 Å². The Labute approximate surface area is 155 Å². The molecule has 0 radical (unpaired) electrons. The Morgan fingerprint density at radius 3 is 2.72 bits per heavy atom. The largest absolute Gasteiger partial charge is 0.459 e. The van der Waals surface area contributed by atoms with E-state index in [1.165, 1.54) is 4.88 Å². The summed E-state index contributed by atoms with van der Waals surface area (Å²) in [7, 11) is 0. The van der Waals surface area contributed by atoms with Crippen LogP contribution in [0.1, 0.15) is 87.0 Å². The fourth-order valence-corrected chi connectivity index (χ4v) is 4.64. The first-order chi connectivity index (χ1) is 11.9. The fraction of sp³-hybridized carbons (Fsp3) is 0.700. The topological polar surface area (TPSA) is 55.4 Å².